The zero-order valence-electron chi connectivity index (χ0n) is 15.5. The second-order valence-electron chi connectivity index (χ2n) is 6.76. The van der Waals surface area contributed by atoms with E-state index in [9.17, 15) is 18.6 Å². The van der Waals surface area contributed by atoms with Crippen LogP contribution in [-0.4, -0.2) is 25.2 Å². The Morgan fingerprint density at radius 2 is 1.64 bits per heavy atom. The van der Waals surface area contributed by atoms with Gasteiger partial charge in [-0.25, -0.2) is 8.42 Å². The molecule has 0 radical (unpaired) electrons. The molecule has 3 rings (SSSR count). The molecule has 0 spiro atoms. The molecule has 0 aliphatic rings. The number of aryl methyl sites for hydroxylation is 1. The molecule has 0 aliphatic carbocycles. The summed E-state index contributed by atoms with van der Waals surface area (Å²) in [6, 6.07) is 20.7. The molecule has 3 N–H and O–H groups in total. The Morgan fingerprint density at radius 3 is 2.29 bits per heavy atom. The summed E-state index contributed by atoms with van der Waals surface area (Å²) in [5, 5.41) is 20.1. The van der Waals surface area contributed by atoms with Gasteiger partial charge in [-0.1, -0.05) is 48.0 Å². The molecule has 0 aliphatic heterocycles. The van der Waals surface area contributed by atoms with E-state index in [4.69, 9.17) is 0 Å². The first-order valence-electron chi connectivity index (χ1n) is 8.96. The molecule has 0 fully saturated rings. The molecule has 146 valence electrons. The largest absolute Gasteiger partial charge is 0.508 e. The lowest BCUT2D eigenvalue weighted by molar-refractivity contribution is 0.262. The van der Waals surface area contributed by atoms with Crippen LogP contribution in [0.3, 0.4) is 0 Å². The Kier molecular flexibility index (Phi) is 6.02. The Bertz CT molecular complexity index is 1030. The number of phenolic OH excluding ortho intramolecular Hbond substituents is 1. The fourth-order valence-electron chi connectivity index (χ4n) is 3.05. The quantitative estimate of drug-likeness (QED) is 0.529. The van der Waals surface area contributed by atoms with Gasteiger partial charge in [-0.05, 0) is 49.2 Å². The Hall–Kier alpha value is -2.83. The Labute approximate surface area is 165 Å². The Balaban J connectivity index is 1.87. The van der Waals surface area contributed by atoms with Crippen LogP contribution in [0, 0.1) is 6.92 Å². The molecule has 0 aromatic heterocycles. The predicted octanol–water partition coefficient (Wildman–Crippen LogP) is 3.82. The zero-order chi connectivity index (χ0) is 20.1. The summed E-state index contributed by atoms with van der Waals surface area (Å²) in [5.74, 6) is -0.334. The molecule has 28 heavy (non-hydrogen) atoms. The number of aliphatic hydroxyl groups excluding tert-OH is 1. The predicted molar refractivity (Wildman–Crippen MR) is 110 cm³/mol. The number of hydrogen-bond donors (Lipinski definition) is 3. The smallest absolute Gasteiger partial charge is 0.261 e. The topological polar surface area (TPSA) is 86.6 Å². The maximum atomic E-state index is 12.6. The van der Waals surface area contributed by atoms with Crippen molar-refractivity contribution in [2.45, 2.75) is 24.2 Å². The van der Waals surface area contributed by atoms with E-state index in [0.717, 1.165) is 11.1 Å². The SMILES string of the molecule is Cc1ccc(S(=O)(=O)Nc2ccc(O)c([C@H](CO)Cc3ccccc3)c2)cc1. The van der Waals surface area contributed by atoms with E-state index < -0.39 is 10.0 Å². The number of hydrogen-bond acceptors (Lipinski definition) is 4. The van der Waals surface area contributed by atoms with Gasteiger partial charge in [0.05, 0.1) is 11.5 Å². The third-order valence-corrected chi connectivity index (χ3v) is 5.99. The second kappa shape index (κ2) is 8.46. The summed E-state index contributed by atoms with van der Waals surface area (Å²) in [4.78, 5) is 0.163. The van der Waals surface area contributed by atoms with Gasteiger partial charge in [-0.3, -0.25) is 4.72 Å². The van der Waals surface area contributed by atoms with E-state index in [2.05, 4.69) is 4.72 Å². The van der Waals surface area contributed by atoms with Gasteiger partial charge in [0.1, 0.15) is 5.75 Å². The average molecular weight is 397 g/mol. The second-order valence-corrected chi connectivity index (χ2v) is 8.44. The van der Waals surface area contributed by atoms with Crippen molar-refractivity contribution in [1.82, 2.24) is 0 Å². The van der Waals surface area contributed by atoms with Crippen molar-refractivity contribution in [2.24, 2.45) is 0 Å². The molecule has 0 saturated heterocycles. The Morgan fingerprint density at radius 1 is 0.964 bits per heavy atom. The maximum Gasteiger partial charge on any atom is 0.261 e. The molecule has 0 unspecified atom stereocenters. The van der Waals surface area contributed by atoms with E-state index in [1.165, 1.54) is 12.1 Å². The number of phenols is 1. The van der Waals surface area contributed by atoms with Gasteiger partial charge in [-0.2, -0.15) is 0 Å². The van der Waals surface area contributed by atoms with Crippen LogP contribution < -0.4 is 4.72 Å². The van der Waals surface area contributed by atoms with E-state index in [0.29, 0.717) is 17.7 Å². The van der Waals surface area contributed by atoms with Gasteiger partial charge in [0.25, 0.3) is 10.0 Å². The first-order chi connectivity index (χ1) is 13.4. The van der Waals surface area contributed by atoms with E-state index in [1.54, 1.807) is 30.3 Å². The molecule has 0 bridgehead atoms. The highest BCUT2D eigenvalue weighted by atomic mass is 32.2. The summed E-state index contributed by atoms with van der Waals surface area (Å²) in [5.41, 5.74) is 2.82. The van der Waals surface area contributed by atoms with Gasteiger partial charge in [-0.15, -0.1) is 0 Å². The van der Waals surface area contributed by atoms with Crippen LogP contribution in [-0.2, 0) is 16.4 Å². The average Bonchev–Trinajstić information content (AvgIpc) is 2.69. The molecule has 0 saturated carbocycles. The molecule has 1 atom stereocenters. The zero-order valence-corrected chi connectivity index (χ0v) is 16.4. The van der Waals surface area contributed by atoms with Crippen molar-refractivity contribution < 1.29 is 18.6 Å². The van der Waals surface area contributed by atoms with Gasteiger partial charge >= 0.3 is 0 Å². The van der Waals surface area contributed by atoms with Gasteiger partial charge in [0.2, 0.25) is 0 Å². The minimum absolute atomic E-state index is 0.0215. The van der Waals surface area contributed by atoms with Crippen LogP contribution >= 0.6 is 0 Å². The van der Waals surface area contributed by atoms with E-state index >= 15 is 0 Å². The first-order valence-corrected chi connectivity index (χ1v) is 10.4. The van der Waals surface area contributed by atoms with Crippen molar-refractivity contribution in [2.75, 3.05) is 11.3 Å². The van der Waals surface area contributed by atoms with Crippen molar-refractivity contribution in [3.63, 3.8) is 0 Å². The number of aromatic hydroxyl groups is 1. The number of anilines is 1. The third kappa shape index (κ3) is 4.71. The maximum absolute atomic E-state index is 12.6. The fraction of sp³-hybridized carbons (Fsp3) is 0.182. The number of nitrogens with one attached hydrogen (secondary N) is 1. The van der Waals surface area contributed by atoms with Crippen LogP contribution in [0.1, 0.15) is 22.6 Å². The minimum atomic E-state index is -3.75. The van der Waals surface area contributed by atoms with Crippen LogP contribution in [0.25, 0.3) is 0 Å². The van der Waals surface area contributed by atoms with Crippen molar-refractivity contribution in [1.29, 1.82) is 0 Å². The van der Waals surface area contributed by atoms with Crippen LogP contribution in [0.2, 0.25) is 0 Å². The number of rotatable bonds is 7. The van der Waals surface area contributed by atoms with Crippen LogP contribution in [0.4, 0.5) is 5.69 Å². The fourth-order valence-corrected chi connectivity index (χ4v) is 4.10. The molecule has 6 heteroatoms. The van der Waals surface area contributed by atoms with Gasteiger partial charge in [0, 0.05) is 17.2 Å². The number of benzene rings is 3. The van der Waals surface area contributed by atoms with Gasteiger partial charge < -0.3 is 10.2 Å². The van der Waals surface area contributed by atoms with Crippen molar-refractivity contribution in [3.05, 3.63) is 89.5 Å². The molecule has 0 amide bonds. The number of sulfonamides is 1. The van der Waals surface area contributed by atoms with Crippen LogP contribution in [0.15, 0.2) is 77.7 Å². The van der Waals surface area contributed by atoms with E-state index in [-0.39, 0.29) is 23.2 Å². The summed E-state index contributed by atoms with van der Waals surface area (Å²) in [6.45, 7) is 1.72. The summed E-state index contributed by atoms with van der Waals surface area (Å²) in [6.07, 6.45) is 0.527. The highest BCUT2D eigenvalue weighted by Gasteiger charge is 2.19. The highest BCUT2D eigenvalue weighted by molar-refractivity contribution is 7.92. The third-order valence-electron chi connectivity index (χ3n) is 4.60. The molecule has 0 heterocycles. The molecule has 3 aromatic carbocycles. The molecule has 5 nitrogen and oxygen atoms in total. The number of aliphatic hydroxyl groups is 1. The monoisotopic (exact) mass is 397 g/mol. The molecular weight excluding hydrogens is 374 g/mol. The molecule has 3 aromatic rings. The van der Waals surface area contributed by atoms with Crippen molar-refractivity contribution >= 4 is 15.7 Å². The highest BCUT2D eigenvalue weighted by Crippen LogP contribution is 2.31. The van der Waals surface area contributed by atoms with Crippen molar-refractivity contribution in [3.8, 4) is 5.75 Å². The van der Waals surface area contributed by atoms with Gasteiger partial charge in [0.15, 0.2) is 0 Å². The summed E-state index contributed by atoms with van der Waals surface area (Å²) < 4.78 is 27.8. The normalized spacial score (nSPS) is 12.5. The first kappa shape index (κ1) is 19.9. The summed E-state index contributed by atoms with van der Waals surface area (Å²) in [7, 11) is -3.75. The lowest BCUT2D eigenvalue weighted by Crippen LogP contribution is -2.14. The van der Waals surface area contributed by atoms with E-state index in [1.807, 2.05) is 37.3 Å². The van der Waals surface area contributed by atoms with Crippen LogP contribution in [0.5, 0.6) is 5.75 Å². The lowest BCUT2D eigenvalue weighted by Gasteiger charge is -2.18. The standard InChI is InChI=1S/C22H23NO4S/c1-16-7-10-20(11-8-16)28(26,27)23-19-9-12-22(25)21(14-19)18(15-24)13-17-5-3-2-4-6-17/h2-12,14,18,23-25H,13,15H2,1H3/t18-/m0/s1. The minimum Gasteiger partial charge on any atom is -0.508 e. The summed E-state index contributed by atoms with van der Waals surface area (Å²) >= 11 is 0. The molecular formula is C22H23NO4S. The lowest BCUT2D eigenvalue weighted by atomic mass is 9.91.